The number of nitrogens with one attached hydrogen (secondary N) is 1. The summed E-state index contributed by atoms with van der Waals surface area (Å²) in [6.45, 7) is 2.93. The molecule has 3 nitrogen and oxygen atoms in total. The molecule has 1 N–H and O–H groups in total. The smallest absolute Gasteiger partial charge is 0.123 e. The molecule has 0 amide bonds. The van der Waals surface area contributed by atoms with Crippen LogP contribution in [-0.2, 0) is 6.54 Å². The highest BCUT2D eigenvalue weighted by Gasteiger charge is 2.07. The molecule has 0 spiro atoms. The predicted molar refractivity (Wildman–Crippen MR) is 81.2 cm³/mol. The summed E-state index contributed by atoms with van der Waals surface area (Å²) in [5.41, 5.74) is 2.40. The fourth-order valence-corrected chi connectivity index (χ4v) is 2.12. The molecule has 3 heteroatoms. The van der Waals surface area contributed by atoms with E-state index in [0.29, 0.717) is 0 Å². The molecule has 0 saturated carbocycles. The minimum Gasteiger partial charge on any atom is -0.497 e. The molecule has 0 aliphatic carbocycles. The molecule has 0 unspecified atom stereocenters. The third kappa shape index (κ3) is 3.52. The summed E-state index contributed by atoms with van der Waals surface area (Å²) < 4.78 is 10.5. The molecule has 0 heterocycles. The van der Waals surface area contributed by atoms with Gasteiger partial charge in [0.1, 0.15) is 11.5 Å². The van der Waals surface area contributed by atoms with Crippen LogP contribution in [0.3, 0.4) is 0 Å². The number of rotatable bonds is 6. The Bertz CT molecular complexity index is 537. The molecule has 106 valence electrons. The second-order valence-electron chi connectivity index (χ2n) is 4.69. The largest absolute Gasteiger partial charge is 0.497 e. The lowest BCUT2D eigenvalue weighted by molar-refractivity contribution is 0.406. The second-order valence-corrected chi connectivity index (χ2v) is 4.69. The lowest BCUT2D eigenvalue weighted by Crippen LogP contribution is -2.18. The highest BCUT2D eigenvalue weighted by Crippen LogP contribution is 2.20. The average Bonchev–Trinajstić information content (AvgIpc) is 2.53. The topological polar surface area (TPSA) is 30.5 Å². The maximum Gasteiger partial charge on any atom is 0.123 e. The maximum atomic E-state index is 5.36. The van der Waals surface area contributed by atoms with E-state index in [-0.39, 0.29) is 6.04 Å². The zero-order valence-corrected chi connectivity index (χ0v) is 12.2. The highest BCUT2D eigenvalue weighted by atomic mass is 16.5. The molecule has 0 bridgehead atoms. The summed E-state index contributed by atoms with van der Waals surface area (Å²) in [7, 11) is 3.38. The van der Waals surface area contributed by atoms with Crippen LogP contribution in [0.4, 0.5) is 0 Å². The summed E-state index contributed by atoms with van der Waals surface area (Å²) in [6.07, 6.45) is 0. The Morgan fingerprint density at radius 1 is 0.950 bits per heavy atom. The standard InChI is InChI=1S/C17H21NO2/c1-13(14-8-10-16(19-2)11-9-14)18-12-15-6-4-5-7-17(15)20-3/h4-11,13,18H,12H2,1-3H3/t13-/m1/s1. The molecule has 0 aliphatic rings. The van der Waals surface area contributed by atoms with Crippen LogP contribution in [0.25, 0.3) is 0 Å². The van der Waals surface area contributed by atoms with Crippen molar-refractivity contribution in [1.82, 2.24) is 5.32 Å². The summed E-state index contributed by atoms with van der Waals surface area (Å²) in [4.78, 5) is 0. The van der Waals surface area contributed by atoms with E-state index in [4.69, 9.17) is 9.47 Å². The maximum absolute atomic E-state index is 5.36. The normalized spacial score (nSPS) is 11.9. The number of hydrogen-bond donors (Lipinski definition) is 1. The predicted octanol–water partition coefficient (Wildman–Crippen LogP) is 3.55. The van der Waals surface area contributed by atoms with Gasteiger partial charge in [-0.05, 0) is 30.7 Å². The second kappa shape index (κ2) is 6.96. The van der Waals surface area contributed by atoms with Gasteiger partial charge in [0.05, 0.1) is 14.2 Å². The summed E-state index contributed by atoms with van der Waals surface area (Å²) in [6, 6.07) is 16.5. The molecule has 0 radical (unpaired) electrons. The van der Waals surface area contributed by atoms with Gasteiger partial charge < -0.3 is 14.8 Å². The number of para-hydroxylation sites is 1. The van der Waals surface area contributed by atoms with Crippen LogP contribution >= 0.6 is 0 Å². The monoisotopic (exact) mass is 271 g/mol. The van der Waals surface area contributed by atoms with E-state index < -0.39 is 0 Å². The summed E-state index contributed by atoms with van der Waals surface area (Å²) >= 11 is 0. The fourth-order valence-electron chi connectivity index (χ4n) is 2.12. The zero-order valence-electron chi connectivity index (χ0n) is 12.2. The first kappa shape index (κ1) is 14.4. The van der Waals surface area contributed by atoms with E-state index in [0.717, 1.165) is 23.6 Å². The van der Waals surface area contributed by atoms with Crippen LogP contribution in [0.15, 0.2) is 48.5 Å². The Morgan fingerprint density at radius 3 is 2.30 bits per heavy atom. The van der Waals surface area contributed by atoms with E-state index >= 15 is 0 Å². The van der Waals surface area contributed by atoms with Gasteiger partial charge in [0.25, 0.3) is 0 Å². The molecule has 0 fully saturated rings. The minimum atomic E-state index is 0.269. The van der Waals surface area contributed by atoms with E-state index in [1.807, 2.05) is 30.3 Å². The van der Waals surface area contributed by atoms with Gasteiger partial charge in [0.2, 0.25) is 0 Å². The van der Waals surface area contributed by atoms with Crippen molar-refractivity contribution in [1.29, 1.82) is 0 Å². The Kier molecular flexibility index (Phi) is 5.02. The molecule has 0 saturated heterocycles. The molecule has 2 aromatic rings. The average molecular weight is 271 g/mol. The quantitative estimate of drug-likeness (QED) is 0.871. The van der Waals surface area contributed by atoms with E-state index in [2.05, 4.69) is 30.4 Å². The third-order valence-corrected chi connectivity index (χ3v) is 3.41. The lowest BCUT2D eigenvalue weighted by atomic mass is 10.1. The van der Waals surface area contributed by atoms with Gasteiger partial charge in [-0.1, -0.05) is 30.3 Å². The summed E-state index contributed by atoms with van der Waals surface area (Å²) in [5, 5.41) is 3.51. The van der Waals surface area contributed by atoms with Crippen molar-refractivity contribution in [3.63, 3.8) is 0 Å². The van der Waals surface area contributed by atoms with E-state index in [1.54, 1.807) is 14.2 Å². The molecule has 2 rings (SSSR count). The number of hydrogen-bond acceptors (Lipinski definition) is 3. The summed E-state index contributed by atoms with van der Waals surface area (Å²) in [5.74, 6) is 1.80. The first-order chi connectivity index (χ1) is 9.74. The van der Waals surface area contributed by atoms with Gasteiger partial charge in [-0.2, -0.15) is 0 Å². The van der Waals surface area contributed by atoms with E-state index in [9.17, 15) is 0 Å². The van der Waals surface area contributed by atoms with Gasteiger partial charge in [0.15, 0.2) is 0 Å². The Morgan fingerprint density at radius 2 is 1.65 bits per heavy atom. The van der Waals surface area contributed by atoms with Crippen LogP contribution in [0.1, 0.15) is 24.1 Å². The first-order valence-corrected chi connectivity index (χ1v) is 6.74. The number of methoxy groups -OCH3 is 2. The molecule has 20 heavy (non-hydrogen) atoms. The molecular formula is C17H21NO2. The molecule has 1 atom stereocenters. The Balaban J connectivity index is 1.98. The van der Waals surface area contributed by atoms with E-state index in [1.165, 1.54) is 5.56 Å². The molecular weight excluding hydrogens is 250 g/mol. The van der Waals surface area contributed by atoms with Crippen LogP contribution in [0.2, 0.25) is 0 Å². The van der Waals surface area contributed by atoms with Crippen molar-refractivity contribution >= 4 is 0 Å². The molecule has 2 aromatic carbocycles. The van der Waals surface area contributed by atoms with Crippen molar-refractivity contribution in [3.05, 3.63) is 59.7 Å². The van der Waals surface area contributed by atoms with Gasteiger partial charge in [-0.3, -0.25) is 0 Å². The van der Waals surface area contributed by atoms with Gasteiger partial charge >= 0.3 is 0 Å². The van der Waals surface area contributed by atoms with Gasteiger partial charge in [-0.15, -0.1) is 0 Å². The highest BCUT2D eigenvalue weighted by molar-refractivity contribution is 5.33. The van der Waals surface area contributed by atoms with Crippen molar-refractivity contribution in [2.75, 3.05) is 14.2 Å². The van der Waals surface area contributed by atoms with Crippen LogP contribution < -0.4 is 14.8 Å². The van der Waals surface area contributed by atoms with Crippen molar-refractivity contribution in [2.24, 2.45) is 0 Å². The zero-order chi connectivity index (χ0) is 14.4. The first-order valence-electron chi connectivity index (χ1n) is 6.74. The van der Waals surface area contributed by atoms with Gasteiger partial charge in [-0.25, -0.2) is 0 Å². The SMILES string of the molecule is COc1ccc([C@@H](C)NCc2ccccc2OC)cc1. The number of benzene rings is 2. The van der Waals surface area contributed by atoms with Crippen molar-refractivity contribution < 1.29 is 9.47 Å². The van der Waals surface area contributed by atoms with Crippen LogP contribution in [0, 0.1) is 0 Å². The minimum absolute atomic E-state index is 0.269. The van der Waals surface area contributed by atoms with Crippen LogP contribution in [0.5, 0.6) is 11.5 Å². The molecule has 0 aliphatic heterocycles. The van der Waals surface area contributed by atoms with Crippen LogP contribution in [-0.4, -0.2) is 14.2 Å². The molecule has 0 aromatic heterocycles. The fraction of sp³-hybridized carbons (Fsp3) is 0.294. The Labute approximate surface area is 120 Å². The number of ether oxygens (including phenoxy) is 2. The van der Waals surface area contributed by atoms with Gasteiger partial charge in [0, 0.05) is 18.2 Å². The van der Waals surface area contributed by atoms with Crippen molar-refractivity contribution in [2.45, 2.75) is 19.5 Å². The van der Waals surface area contributed by atoms with Crippen molar-refractivity contribution in [3.8, 4) is 11.5 Å². The Hall–Kier alpha value is -2.00. The third-order valence-electron chi connectivity index (χ3n) is 3.41. The lowest BCUT2D eigenvalue weighted by Gasteiger charge is -2.16.